The van der Waals surface area contributed by atoms with Crippen LogP contribution in [-0.2, 0) is 17.8 Å². The molecule has 0 aliphatic carbocycles. The maximum atomic E-state index is 12.1. The summed E-state index contributed by atoms with van der Waals surface area (Å²) in [5, 5.41) is 6.78. The summed E-state index contributed by atoms with van der Waals surface area (Å²) in [6.45, 7) is 8.16. The summed E-state index contributed by atoms with van der Waals surface area (Å²) in [6.07, 6.45) is 0.545. The number of aryl methyl sites for hydroxylation is 3. The fourth-order valence-corrected chi connectivity index (χ4v) is 3.09. The normalized spacial score (nSPS) is 11.1. The fourth-order valence-electron chi connectivity index (χ4n) is 3.09. The third-order valence-corrected chi connectivity index (χ3v) is 4.83. The van der Waals surface area contributed by atoms with Gasteiger partial charge in [0.2, 0.25) is 17.6 Å². The van der Waals surface area contributed by atoms with Crippen LogP contribution in [0.5, 0.6) is 0 Å². The van der Waals surface area contributed by atoms with Crippen LogP contribution in [0.4, 0.5) is 0 Å². The second-order valence-electron chi connectivity index (χ2n) is 7.51. The summed E-state index contributed by atoms with van der Waals surface area (Å²) in [5.41, 5.74) is 4.17. The van der Waals surface area contributed by atoms with E-state index < -0.39 is 0 Å². The van der Waals surface area contributed by atoms with Crippen molar-refractivity contribution in [2.24, 2.45) is 0 Å². The SMILES string of the molecule is Cc1cc(C)c(CNC(=O)CCc2nc(-c3ccc(C(C)C)cc3)no2)c(=O)[nH]1. The molecule has 0 atom stereocenters. The number of nitrogens with zero attached hydrogens (tertiary/aromatic N) is 2. The van der Waals surface area contributed by atoms with Gasteiger partial charge in [-0.2, -0.15) is 4.98 Å². The van der Waals surface area contributed by atoms with Crippen molar-refractivity contribution in [3.63, 3.8) is 0 Å². The quantitative estimate of drug-likeness (QED) is 0.639. The van der Waals surface area contributed by atoms with Gasteiger partial charge in [-0.1, -0.05) is 43.3 Å². The molecule has 29 heavy (non-hydrogen) atoms. The molecular formula is C22H26N4O3. The molecule has 0 bridgehead atoms. The molecule has 1 aromatic carbocycles. The molecule has 7 nitrogen and oxygen atoms in total. The highest BCUT2D eigenvalue weighted by Crippen LogP contribution is 2.20. The van der Waals surface area contributed by atoms with E-state index in [1.54, 1.807) is 0 Å². The van der Waals surface area contributed by atoms with E-state index in [0.717, 1.165) is 16.8 Å². The number of hydrogen-bond acceptors (Lipinski definition) is 5. The Balaban J connectivity index is 1.54. The highest BCUT2D eigenvalue weighted by molar-refractivity contribution is 5.76. The molecule has 152 valence electrons. The number of aromatic amines is 1. The van der Waals surface area contributed by atoms with E-state index >= 15 is 0 Å². The van der Waals surface area contributed by atoms with Crippen molar-refractivity contribution < 1.29 is 9.32 Å². The number of amides is 1. The molecule has 1 amide bonds. The van der Waals surface area contributed by atoms with Crippen molar-refractivity contribution in [1.29, 1.82) is 0 Å². The van der Waals surface area contributed by atoms with E-state index in [-0.39, 0.29) is 24.4 Å². The number of pyridine rings is 1. The molecule has 0 aliphatic rings. The average molecular weight is 394 g/mol. The Morgan fingerprint density at radius 3 is 2.59 bits per heavy atom. The Morgan fingerprint density at radius 1 is 1.21 bits per heavy atom. The number of aromatic nitrogens is 3. The molecule has 2 aromatic heterocycles. The first-order valence-electron chi connectivity index (χ1n) is 9.72. The number of carbonyl (C=O) groups is 1. The summed E-state index contributed by atoms with van der Waals surface area (Å²) in [6, 6.07) is 9.93. The number of carbonyl (C=O) groups excluding carboxylic acids is 1. The van der Waals surface area contributed by atoms with E-state index in [4.69, 9.17) is 4.52 Å². The summed E-state index contributed by atoms with van der Waals surface area (Å²) < 4.78 is 5.27. The van der Waals surface area contributed by atoms with Gasteiger partial charge in [-0.25, -0.2) is 0 Å². The van der Waals surface area contributed by atoms with E-state index in [9.17, 15) is 9.59 Å². The van der Waals surface area contributed by atoms with Gasteiger partial charge in [0, 0.05) is 36.2 Å². The lowest BCUT2D eigenvalue weighted by Crippen LogP contribution is -2.28. The van der Waals surface area contributed by atoms with Gasteiger partial charge in [0.1, 0.15) is 0 Å². The fraction of sp³-hybridized carbons (Fsp3) is 0.364. The van der Waals surface area contributed by atoms with Gasteiger partial charge < -0.3 is 14.8 Å². The van der Waals surface area contributed by atoms with Gasteiger partial charge in [0.05, 0.1) is 0 Å². The van der Waals surface area contributed by atoms with Gasteiger partial charge in [-0.3, -0.25) is 9.59 Å². The lowest BCUT2D eigenvalue weighted by Gasteiger charge is -2.07. The first-order valence-corrected chi connectivity index (χ1v) is 9.72. The molecule has 0 saturated carbocycles. The first kappa shape index (κ1) is 20.5. The molecular weight excluding hydrogens is 368 g/mol. The Morgan fingerprint density at radius 2 is 1.93 bits per heavy atom. The Bertz CT molecular complexity index is 1050. The molecule has 2 N–H and O–H groups in total. The Labute approximate surface area is 169 Å². The zero-order valence-electron chi connectivity index (χ0n) is 17.2. The van der Waals surface area contributed by atoms with Crippen LogP contribution < -0.4 is 10.9 Å². The largest absolute Gasteiger partial charge is 0.352 e. The second kappa shape index (κ2) is 8.86. The van der Waals surface area contributed by atoms with E-state index in [0.29, 0.717) is 29.6 Å². The first-order chi connectivity index (χ1) is 13.8. The molecule has 0 spiro atoms. The van der Waals surface area contributed by atoms with E-state index in [1.807, 2.05) is 32.0 Å². The predicted octanol–water partition coefficient (Wildman–Crippen LogP) is 3.41. The van der Waals surface area contributed by atoms with Crippen LogP contribution in [0.25, 0.3) is 11.4 Å². The standard InChI is InChI=1S/C22H26N4O3/c1-13(2)16-5-7-17(8-6-16)21-25-20(29-26-21)10-9-19(27)23-12-18-14(3)11-15(4)24-22(18)28/h5-8,11,13H,9-10,12H2,1-4H3,(H,23,27)(H,24,28). The maximum Gasteiger partial charge on any atom is 0.253 e. The average Bonchev–Trinajstić information content (AvgIpc) is 3.14. The third kappa shape index (κ3) is 5.19. The number of nitrogens with one attached hydrogen (secondary N) is 2. The van der Waals surface area contributed by atoms with Crippen LogP contribution >= 0.6 is 0 Å². The molecule has 0 unspecified atom stereocenters. The minimum Gasteiger partial charge on any atom is -0.352 e. The minimum absolute atomic E-state index is 0.173. The number of rotatable bonds is 7. The zero-order valence-corrected chi connectivity index (χ0v) is 17.2. The van der Waals surface area contributed by atoms with Crippen LogP contribution in [0.15, 0.2) is 39.6 Å². The minimum atomic E-state index is -0.176. The molecule has 0 radical (unpaired) electrons. The molecule has 7 heteroatoms. The van der Waals surface area contributed by atoms with Crippen LogP contribution in [0.1, 0.15) is 54.5 Å². The lowest BCUT2D eigenvalue weighted by molar-refractivity contribution is -0.121. The monoisotopic (exact) mass is 394 g/mol. The predicted molar refractivity (Wildman–Crippen MR) is 111 cm³/mol. The van der Waals surface area contributed by atoms with Crippen molar-refractivity contribution >= 4 is 5.91 Å². The number of benzene rings is 1. The highest BCUT2D eigenvalue weighted by atomic mass is 16.5. The van der Waals surface area contributed by atoms with Crippen LogP contribution in [0.3, 0.4) is 0 Å². The summed E-state index contributed by atoms with van der Waals surface area (Å²) in [5.74, 6) is 1.21. The van der Waals surface area contributed by atoms with E-state index in [2.05, 4.69) is 46.4 Å². The molecule has 0 fully saturated rings. The molecule has 3 rings (SSSR count). The summed E-state index contributed by atoms with van der Waals surface area (Å²) >= 11 is 0. The lowest BCUT2D eigenvalue weighted by atomic mass is 10.0. The van der Waals surface area contributed by atoms with Gasteiger partial charge >= 0.3 is 0 Å². The molecule has 2 heterocycles. The van der Waals surface area contributed by atoms with Crippen molar-refractivity contribution in [3.8, 4) is 11.4 Å². The molecule has 0 aliphatic heterocycles. The van der Waals surface area contributed by atoms with Crippen molar-refractivity contribution in [3.05, 3.63) is 69.0 Å². The van der Waals surface area contributed by atoms with Gasteiger partial charge in [-0.05, 0) is 37.0 Å². The van der Waals surface area contributed by atoms with E-state index in [1.165, 1.54) is 5.56 Å². The highest BCUT2D eigenvalue weighted by Gasteiger charge is 2.12. The molecule has 0 saturated heterocycles. The van der Waals surface area contributed by atoms with Crippen molar-refractivity contribution in [2.75, 3.05) is 0 Å². The second-order valence-corrected chi connectivity index (χ2v) is 7.51. The third-order valence-electron chi connectivity index (χ3n) is 4.83. The molecule has 3 aromatic rings. The smallest absolute Gasteiger partial charge is 0.253 e. The van der Waals surface area contributed by atoms with Crippen LogP contribution in [0, 0.1) is 13.8 Å². The van der Waals surface area contributed by atoms with Crippen molar-refractivity contribution in [1.82, 2.24) is 20.4 Å². The van der Waals surface area contributed by atoms with Gasteiger partial charge in [0.25, 0.3) is 5.56 Å². The maximum absolute atomic E-state index is 12.1. The Hall–Kier alpha value is -3.22. The number of H-pyrrole nitrogens is 1. The van der Waals surface area contributed by atoms with Crippen LogP contribution in [-0.4, -0.2) is 21.0 Å². The Kier molecular flexibility index (Phi) is 6.26. The van der Waals surface area contributed by atoms with Gasteiger partial charge in [0.15, 0.2) is 0 Å². The number of hydrogen-bond donors (Lipinski definition) is 2. The summed E-state index contributed by atoms with van der Waals surface area (Å²) in [7, 11) is 0. The van der Waals surface area contributed by atoms with Crippen molar-refractivity contribution in [2.45, 2.75) is 53.0 Å². The van der Waals surface area contributed by atoms with Gasteiger partial charge in [-0.15, -0.1) is 0 Å². The van der Waals surface area contributed by atoms with Crippen LogP contribution in [0.2, 0.25) is 0 Å². The summed E-state index contributed by atoms with van der Waals surface area (Å²) in [4.78, 5) is 31.3. The topological polar surface area (TPSA) is 101 Å². The zero-order chi connectivity index (χ0) is 21.0.